The molecule has 0 saturated heterocycles. The molecular weight excluding hydrogens is 210 g/mol. The van der Waals surface area contributed by atoms with E-state index in [9.17, 15) is 0 Å². The molecule has 0 atom stereocenters. The first kappa shape index (κ1) is 12.4. The fourth-order valence-corrected chi connectivity index (χ4v) is 2.63. The lowest BCUT2D eigenvalue weighted by Crippen LogP contribution is -2.44. The molecule has 17 heavy (non-hydrogen) atoms. The highest BCUT2D eigenvalue weighted by Gasteiger charge is 2.38. The molecular formula is C15H23NO. The maximum Gasteiger partial charge on any atom is 0.119 e. The average molecular weight is 233 g/mol. The highest BCUT2D eigenvalue weighted by Crippen LogP contribution is 2.43. The van der Waals surface area contributed by atoms with Crippen LogP contribution in [0.3, 0.4) is 0 Å². The van der Waals surface area contributed by atoms with Crippen LogP contribution in [0.25, 0.3) is 0 Å². The van der Waals surface area contributed by atoms with E-state index in [2.05, 4.69) is 30.4 Å². The van der Waals surface area contributed by atoms with Gasteiger partial charge in [-0.05, 0) is 43.5 Å². The molecule has 2 rings (SSSR count). The lowest BCUT2D eigenvalue weighted by atomic mass is 9.64. The third-order valence-corrected chi connectivity index (χ3v) is 3.88. The van der Waals surface area contributed by atoms with Crippen LogP contribution in [0.5, 0.6) is 5.75 Å². The van der Waals surface area contributed by atoms with E-state index in [0.29, 0.717) is 5.41 Å². The second-order valence-corrected chi connectivity index (χ2v) is 5.04. The number of ether oxygens (including phenoxy) is 1. The van der Waals surface area contributed by atoms with Gasteiger partial charge in [0.1, 0.15) is 5.75 Å². The molecule has 94 valence electrons. The molecule has 0 amide bonds. The zero-order valence-corrected chi connectivity index (χ0v) is 11.0. The van der Waals surface area contributed by atoms with Gasteiger partial charge in [0.2, 0.25) is 0 Å². The smallest absolute Gasteiger partial charge is 0.119 e. The number of hydrogen-bond donors (Lipinski definition) is 1. The molecule has 0 heterocycles. The van der Waals surface area contributed by atoms with Gasteiger partial charge >= 0.3 is 0 Å². The molecule has 0 bridgehead atoms. The first-order chi connectivity index (χ1) is 8.30. The second kappa shape index (κ2) is 5.54. The summed E-state index contributed by atoms with van der Waals surface area (Å²) in [5.74, 6) is 0.976. The second-order valence-electron chi connectivity index (χ2n) is 5.04. The van der Waals surface area contributed by atoms with Crippen LogP contribution in [0.15, 0.2) is 24.3 Å². The molecule has 0 radical (unpaired) electrons. The quantitative estimate of drug-likeness (QED) is 0.762. The van der Waals surface area contributed by atoms with Gasteiger partial charge in [-0.3, -0.25) is 0 Å². The monoisotopic (exact) mass is 233 g/mol. The van der Waals surface area contributed by atoms with Crippen molar-refractivity contribution in [2.45, 2.75) is 38.0 Å². The number of rotatable bonds is 6. The van der Waals surface area contributed by atoms with Gasteiger partial charge in [-0.25, -0.2) is 0 Å². The standard InChI is InChI=1S/C15H23NO/c1-3-10-16-12-15(8-5-9-15)13-6-4-7-14(11-13)17-2/h4,6-7,11,16H,3,5,8-10,12H2,1-2H3. The molecule has 1 N–H and O–H groups in total. The van der Waals surface area contributed by atoms with Crippen LogP contribution in [0.2, 0.25) is 0 Å². The van der Waals surface area contributed by atoms with Crippen LogP contribution in [-0.4, -0.2) is 20.2 Å². The largest absolute Gasteiger partial charge is 0.497 e. The van der Waals surface area contributed by atoms with Crippen LogP contribution in [-0.2, 0) is 5.41 Å². The topological polar surface area (TPSA) is 21.3 Å². The van der Waals surface area contributed by atoms with Crippen molar-refractivity contribution in [1.82, 2.24) is 5.32 Å². The molecule has 1 aliphatic rings. The van der Waals surface area contributed by atoms with Crippen LogP contribution in [0.4, 0.5) is 0 Å². The fraction of sp³-hybridized carbons (Fsp3) is 0.600. The van der Waals surface area contributed by atoms with Crippen LogP contribution in [0, 0.1) is 0 Å². The van der Waals surface area contributed by atoms with E-state index in [-0.39, 0.29) is 0 Å². The van der Waals surface area contributed by atoms with Crippen LogP contribution < -0.4 is 10.1 Å². The van der Waals surface area contributed by atoms with E-state index in [4.69, 9.17) is 4.74 Å². The zero-order chi connectivity index (χ0) is 12.1. The third kappa shape index (κ3) is 2.63. The minimum Gasteiger partial charge on any atom is -0.497 e. The zero-order valence-electron chi connectivity index (χ0n) is 11.0. The van der Waals surface area contributed by atoms with Crippen LogP contribution in [0.1, 0.15) is 38.2 Å². The Bertz CT molecular complexity index is 358. The van der Waals surface area contributed by atoms with E-state index in [1.165, 1.54) is 31.2 Å². The summed E-state index contributed by atoms with van der Waals surface area (Å²) in [5.41, 5.74) is 1.80. The van der Waals surface area contributed by atoms with Crippen molar-refractivity contribution < 1.29 is 4.74 Å². The van der Waals surface area contributed by atoms with E-state index in [1.54, 1.807) is 7.11 Å². The van der Waals surface area contributed by atoms with Gasteiger partial charge < -0.3 is 10.1 Å². The minimum absolute atomic E-state index is 0.365. The highest BCUT2D eigenvalue weighted by atomic mass is 16.5. The number of hydrogen-bond acceptors (Lipinski definition) is 2. The molecule has 2 nitrogen and oxygen atoms in total. The van der Waals surface area contributed by atoms with Gasteiger partial charge in [-0.2, -0.15) is 0 Å². The van der Waals surface area contributed by atoms with E-state index in [1.807, 2.05) is 6.07 Å². The van der Waals surface area contributed by atoms with Gasteiger partial charge in [-0.1, -0.05) is 25.5 Å². The Hall–Kier alpha value is -1.02. The molecule has 2 heteroatoms. The maximum atomic E-state index is 5.32. The molecule has 1 aromatic carbocycles. The lowest BCUT2D eigenvalue weighted by molar-refractivity contribution is 0.233. The van der Waals surface area contributed by atoms with Crippen molar-refractivity contribution in [3.05, 3.63) is 29.8 Å². The normalized spacial score (nSPS) is 17.5. The van der Waals surface area contributed by atoms with Gasteiger partial charge in [0.15, 0.2) is 0 Å². The van der Waals surface area contributed by atoms with Gasteiger partial charge in [0, 0.05) is 12.0 Å². The molecule has 0 unspecified atom stereocenters. The van der Waals surface area contributed by atoms with Crippen molar-refractivity contribution in [3.63, 3.8) is 0 Å². The predicted octanol–water partition coefficient (Wildman–Crippen LogP) is 3.12. The predicted molar refractivity (Wildman–Crippen MR) is 71.7 cm³/mol. The summed E-state index contributed by atoms with van der Waals surface area (Å²) in [4.78, 5) is 0. The first-order valence-electron chi connectivity index (χ1n) is 6.66. The number of methoxy groups -OCH3 is 1. The summed E-state index contributed by atoms with van der Waals surface area (Å²) >= 11 is 0. The Morgan fingerprint density at radius 3 is 2.76 bits per heavy atom. The number of benzene rings is 1. The summed E-state index contributed by atoms with van der Waals surface area (Å²) in [6, 6.07) is 8.57. The highest BCUT2D eigenvalue weighted by molar-refractivity contribution is 5.35. The average Bonchev–Trinajstić information content (AvgIpc) is 2.33. The van der Waals surface area contributed by atoms with Crippen molar-refractivity contribution >= 4 is 0 Å². The molecule has 1 aromatic rings. The van der Waals surface area contributed by atoms with E-state index < -0.39 is 0 Å². The molecule has 1 aliphatic carbocycles. The van der Waals surface area contributed by atoms with E-state index in [0.717, 1.165) is 18.8 Å². The fourth-order valence-electron chi connectivity index (χ4n) is 2.63. The summed E-state index contributed by atoms with van der Waals surface area (Å²) < 4.78 is 5.32. The minimum atomic E-state index is 0.365. The maximum absolute atomic E-state index is 5.32. The van der Waals surface area contributed by atoms with Crippen LogP contribution >= 0.6 is 0 Å². The van der Waals surface area contributed by atoms with Gasteiger partial charge in [-0.15, -0.1) is 0 Å². The Labute approximate surface area is 104 Å². The summed E-state index contributed by atoms with van der Waals surface area (Å²) in [5, 5.41) is 3.57. The van der Waals surface area contributed by atoms with Gasteiger partial charge in [0.25, 0.3) is 0 Å². The Balaban J connectivity index is 2.10. The molecule has 0 spiro atoms. The van der Waals surface area contributed by atoms with Gasteiger partial charge in [0.05, 0.1) is 7.11 Å². The van der Waals surface area contributed by atoms with Crippen molar-refractivity contribution in [2.75, 3.05) is 20.2 Å². The Kier molecular flexibility index (Phi) is 4.06. The van der Waals surface area contributed by atoms with E-state index >= 15 is 0 Å². The van der Waals surface area contributed by atoms with Crippen molar-refractivity contribution in [2.24, 2.45) is 0 Å². The lowest BCUT2D eigenvalue weighted by Gasteiger charge is -2.43. The summed E-state index contributed by atoms with van der Waals surface area (Å²) in [6.45, 7) is 4.44. The Morgan fingerprint density at radius 2 is 2.18 bits per heavy atom. The van der Waals surface area contributed by atoms with Crippen molar-refractivity contribution in [1.29, 1.82) is 0 Å². The summed E-state index contributed by atoms with van der Waals surface area (Å²) in [6.07, 6.45) is 5.16. The SMILES string of the molecule is CCCNCC1(c2cccc(OC)c2)CCC1. The van der Waals surface area contributed by atoms with Crippen molar-refractivity contribution in [3.8, 4) is 5.75 Å². The number of nitrogens with one attached hydrogen (secondary N) is 1. The Morgan fingerprint density at radius 1 is 1.35 bits per heavy atom. The first-order valence-corrected chi connectivity index (χ1v) is 6.66. The molecule has 1 saturated carbocycles. The molecule has 1 fully saturated rings. The third-order valence-electron chi connectivity index (χ3n) is 3.88. The summed E-state index contributed by atoms with van der Waals surface area (Å²) in [7, 11) is 1.74. The molecule has 0 aromatic heterocycles. The molecule has 0 aliphatic heterocycles.